The van der Waals surface area contributed by atoms with Gasteiger partial charge in [0.15, 0.2) is 6.23 Å². The van der Waals surface area contributed by atoms with Gasteiger partial charge in [0.25, 0.3) is 5.56 Å². The van der Waals surface area contributed by atoms with E-state index in [1.54, 1.807) is 13.8 Å². The molecular formula is C21H36N3O10PS. The first-order valence-electron chi connectivity index (χ1n) is 11.6. The molecule has 36 heavy (non-hydrogen) atoms. The Morgan fingerprint density at radius 2 is 2.08 bits per heavy atom. The van der Waals surface area contributed by atoms with E-state index in [0.29, 0.717) is 0 Å². The third-order valence-electron chi connectivity index (χ3n) is 5.20. The predicted octanol–water partition coefficient (Wildman–Crippen LogP) is 0.760. The summed E-state index contributed by atoms with van der Waals surface area (Å²) >= 11 is 0.898. The molecule has 2 rings (SSSR count). The molecule has 1 saturated heterocycles. The van der Waals surface area contributed by atoms with Gasteiger partial charge in [0, 0.05) is 24.1 Å². The van der Waals surface area contributed by atoms with Crippen LogP contribution in [0.2, 0.25) is 0 Å². The van der Waals surface area contributed by atoms with Crippen LogP contribution in [-0.4, -0.2) is 81.3 Å². The van der Waals surface area contributed by atoms with Gasteiger partial charge in [-0.1, -0.05) is 11.4 Å². The molecule has 0 amide bonds. The van der Waals surface area contributed by atoms with Crippen LogP contribution in [0.1, 0.15) is 47.3 Å². The third-order valence-corrected chi connectivity index (χ3v) is 9.37. The van der Waals surface area contributed by atoms with E-state index in [1.165, 1.54) is 6.92 Å². The summed E-state index contributed by atoms with van der Waals surface area (Å²) in [5.41, 5.74) is -3.39. The molecule has 1 aliphatic rings. The van der Waals surface area contributed by atoms with Crippen molar-refractivity contribution < 1.29 is 38.3 Å². The molecule has 15 heteroatoms. The topological polar surface area (TPSA) is 178 Å². The van der Waals surface area contributed by atoms with Gasteiger partial charge in [0.2, 0.25) is 0 Å². The van der Waals surface area contributed by atoms with Crippen molar-refractivity contribution in [1.82, 2.24) is 14.6 Å². The summed E-state index contributed by atoms with van der Waals surface area (Å²) < 4.78 is 36.4. The summed E-state index contributed by atoms with van der Waals surface area (Å²) in [6.45, 7) is 4.88. The van der Waals surface area contributed by atoms with Gasteiger partial charge in [-0.05, 0) is 34.6 Å². The molecule has 6 atom stereocenters. The lowest BCUT2D eigenvalue weighted by atomic mass is 9.96. The van der Waals surface area contributed by atoms with Crippen LogP contribution in [0.15, 0.2) is 21.9 Å². The first kappa shape index (κ1) is 30.7. The molecular weight excluding hydrogens is 517 g/mol. The Labute approximate surface area is 213 Å². The SMILES string of the molecule is CCOC(=O)CCSP(=O)(N[C@H](C)COC(C)C)OC[C@H]1O[C@@H](n2ccc(=O)[nH]c2=O)[C@](C)(O)[C@@H]1O. The van der Waals surface area contributed by atoms with Crippen molar-refractivity contribution in [2.75, 3.05) is 25.6 Å². The van der Waals surface area contributed by atoms with Gasteiger partial charge in [0.1, 0.15) is 17.8 Å². The largest absolute Gasteiger partial charge is 0.466 e. The number of aliphatic hydroxyl groups is 2. The van der Waals surface area contributed by atoms with Crippen molar-refractivity contribution in [3.63, 3.8) is 0 Å². The molecule has 1 aromatic heterocycles. The number of ether oxygens (including phenoxy) is 3. The van der Waals surface area contributed by atoms with Crippen LogP contribution in [-0.2, 0) is 28.1 Å². The van der Waals surface area contributed by atoms with Crippen LogP contribution in [0, 0.1) is 0 Å². The van der Waals surface area contributed by atoms with Crippen LogP contribution in [0.5, 0.6) is 0 Å². The fourth-order valence-electron chi connectivity index (χ4n) is 3.40. The number of nitrogens with zero attached hydrogens (tertiary/aromatic N) is 1. The Kier molecular flexibility index (Phi) is 11.4. The predicted molar refractivity (Wildman–Crippen MR) is 133 cm³/mol. The number of aromatic amines is 1. The van der Waals surface area contributed by atoms with Gasteiger partial charge >= 0.3 is 18.4 Å². The average molecular weight is 554 g/mol. The van der Waals surface area contributed by atoms with Crippen molar-refractivity contribution in [3.8, 4) is 0 Å². The third kappa shape index (κ3) is 8.52. The van der Waals surface area contributed by atoms with Gasteiger partial charge in [0.05, 0.1) is 32.3 Å². The Bertz CT molecular complexity index is 1030. The molecule has 2 heterocycles. The van der Waals surface area contributed by atoms with Crippen LogP contribution in [0.3, 0.4) is 0 Å². The zero-order valence-electron chi connectivity index (χ0n) is 21.0. The highest BCUT2D eigenvalue weighted by molar-refractivity contribution is 8.56. The second-order valence-electron chi connectivity index (χ2n) is 8.81. The lowest BCUT2D eigenvalue weighted by Crippen LogP contribution is -2.46. The lowest BCUT2D eigenvalue weighted by molar-refractivity contribution is -0.142. The van der Waals surface area contributed by atoms with E-state index in [9.17, 15) is 29.2 Å². The maximum absolute atomic E-state index is 13.6. The Morgan fingerprint density at radius 1 is 1.39 bits per heavy atom. The number of rotatable bonds is 14. The molecule has 0 aliphatic carbocycles. The van der Waals surface area contributed by atoms with Crippen LogP contribution < -0.4 is 16.3 Å². The molecule has 4 N–H and O–H groups in total. The summed E-state index contributed by atoms with van der Waals surface area (Å²) in [5, 5.41) is 24.4. The second kappa shape index (κ2) is 13.3. The molecule has 0 saturated carbocycles. The number of aromatic nitrogens is 2. The van der Waals surface area contributed by atoms with E-state index >= 15 is 0 Å². The summed E-state index contributed by atoms with van der Waals surface area (Å²) in [5.74, 6) is -0.297. The van der Waals surface area contributed by atoms with E-state index in [2.05, 4.69) is 10.1 Å². The fraction of sp³-hybridized carbons (Fsp3) is 0.762. The van der Waals surface area contributed by atoms with Crippen LogP contribution >= 0.6 is 18.1 Å². The van der Waals surface area contributed by atoms with Crippen molar-refractivity contribution >= 4 is 24.1 Å². The molecule has 1 aromatic rings. The van der Waals surface area contributed by atoms with E-state index in [0.717, 1.165) is 28.2 Å². The van der Waals surface area contributed by atoms with Gasteiger partial charge in [-0.15, -0.1) is 0 Å². The number of nitrogens with one attached hydrogen (secondary N) is 2. The molecule has 0 bridgehead atoms. The van der Waals surface area contributed by atoms with Gasteiger partial charge < -0.3 is 28.9 Å². The van der Waals surface area contributed by atoms with Gasteiger partial charge in [-0.25, -0.2) is 9.88 Å². The van der Waals surface area contributed by atoms with Crippen molar-refractivity contribution in [2.45, 2.75) is 77.2 Å². The lowest BCUT2D eigenvalue weighted by Gasteiger charge is -2.27. The normalized spacial score (nSPS) is 26.6. The molecule has 0 radical (unpaired) electrons. The van der Waals surface area contributed by atoms with Crippen molar-refractivity contribution in [2.24, 2.45) is 0 Å². The van der Waals surface area contributed by atoms with Gasteiger partial charge in [-0.2, -0.15) is 0 Å². The zero-order valence-corrected chi connectivity index (χ0v) is 22.8. The number of hydrogen-bond donors (Lipinski definition) is 4. The molecule has 1 fully saturated rings. The molecule has 1 aliphatic heterocycles. The molecule has 1 unspecified atom stereocenters. The Morgan fingerprint density at radius 3 is 2.69 bits per heavy atom. The molecule has 0 spiro atoms. The number of aliphatic hydroxyl groups excluding tert-OH is 1. The highest BCUT2D eigenvalue weighted by Gasteiger charge is 2.54. The maximum atomic E-state index is 13.6. The van der Waals surface area contributed by atoms with Gasteiger partial charge in [-0.3, -0.25) is 23.7 Å². The molecule has 206 valence electrons. The number of carbonyl (C=O) groups is 1. The summed E-state index contributed by atoms with van der Waals surface area (Å²) in [4.78, 5) is 37.3. The number of carbonyl (C=O) groups excluding carboxylic acids is 1. The van der Waals surface area contributed by atoms with Crippen molar-refractivity contribution in [1.29, 1.82) is 0 Å². The van der Waals surface area contributed by atoms with Crippen molar-refractivity contribution in [3.05, 3.63) is 33.1 Å². The first-order chi connectivity index (χ1) is 16.8. The van der Waals surface area contributed by atoms with Crippen LogP contribution in [0.4, 0.5) is 0 Å². The number of hydrogen-bond acceptors (Lipinski definition) is 11. The van der Waals surface area contributed by atoms with E-state index < -0.39 is 54.6 Å². The van der Waals surface area contributed by atoms with Crippen LogP contribution in [0.25, 0.3) is 0 Å². The number of H-pyrrole nitrogens is 1. The standard InChI is InChI=1S/C21H36N3O10PS/c1-6-31-17(26)8-10-36-35(30,23-14(4)11-32-13(2)3)33-12-15-18(27)21(5,29)19(34-15)24-9-7-16(25)22-20(24)28/h7,9,13-15,18-19,27,29H,6,8,10-12H2,1-5H3,(H,23,30)(H,22,25,28)/t14-,15-,18-,19-,21-,35?/m1/s1. The smallest absolute Gasteiger partial charge is 0.330 e. The fourth-order valence-corrected chi connectivity index (χ4v) is 7.24. The highest BCUT2D eigenvalue weighted by atomic mass is 32.7. The average Bonchev–Trinajstić information content (AvgIpc) is 3.00. The first-order valence-corrected chi connectivity index (χ1v) is 14.8. The summed E-state index contributed by atoms with van der Waals surface area (Å²) in [6, 6.07) is 0.703. The monoisotopic (exact) mass is 553 g/mol. The summed E-state index contributed by atoms with van der Waals surface area (Å²) in [6.07, 6.45) is -2.90. The number of esters is 1. The maximum Gasteiger partial charge on any atom is 0.330 e. The van der Waals surface area contributed by atoms with E-state index in [-0.39, 0.29) is 37.5 Å². The van der Waals surface area contributed by atoms with E-state index in [4.69, 9.17) is 18.7 Å². The minimum Gasteiger partial charge on any atom is -0.466 e. The minimum atomic E-state index is -3.65. The second-order valence-corrected chi connectivity index (χ2v) is 13.2. The quantitative estimate of drug-likeness (QED) is 0.188. The molecule has 0 aromatic carbocycles. The Hall–Kier alpha value is -1.51. The highest BCUT2D eigenvalue weighted by Crippen LogP contribution is 2.57. The summed E-state index contributed by atoms with van der Waals surface area (Å²) in [7, 11) is 0. The Balaban J connectivity index is 2.13. The minimum absolute atomic E-state index is 0.0128. The van der Waals surface area contributed by atoms with E-state index in [1.807, 2.05) is 13.8 Å². The molecule has 13 nitrogen and oxygen atoms in total. The zero-order chi connectivity index (χ0) is 27.1.